The topological polar surface area (TPSA) is 61.4 Å². The molecule has 1 unspecified atom stereocenters. The molecular weight excluding hydrogens is 230 g/mol. The fraction of sp³-hybridized carbons (Fsp3) is 0.545. The van der Waals surface area contributed by atoms with Crippen LogP contribution in [-0.2, 0) is 4.79 Å². The molecule has 0 amide bonds. The summed E-state index contributed by atoms with van der Waals surface area (Å²) in [6.45, 7) is 4.13. The molecule has 0 aromatic rings. The fourth-order valence-corrected chi connectivity index (χ4v) is 2.38. The molecule has 0 radical (unpaired) electrons. The molecule has 2 heterocycles. The number of carboxylic acid groups (broad SMARTS) is 1. The van der Waals surface area contributed by atoms with Gasteiger partial charge >= 0.3 is 5.97 Å². The standard InChI is InChI=1S/C11H14F2N2O2/c1-5-6(2)11(9(12)13,10(16)17)15-8-4-14-3-7(5)8/h9,14-15H,3-4H2,1-2H3,(H,16,17). The molecule has 2 rings (SSSR count). The van der Waals surface area contributed by atoms with Gasteiger partial charge in [-0.25, -0.2) is 13.6 Å². The third-order valence-corrected chi connectivity index (χ3v) is 3.59. The molecule has 6 heteroatoms. The number of carbonyl (C=O) groups is 1. The van der Waals surface area contributed by atoms with Crippen LogP contribution in [0, 0.1) is 0 Å². The van der Waals surface area contributed by atoms with Crippen LogP contribution < -0.4 is 10.6 Å². The highest BCUT2D eigenvalue weighted by Crippen LogP contribution is 2.36. The third-order valence-electron chi connectivity index (χ3n) is 3.59. The van der Waals surface area contributed by atoms with Gasteiger partial charge in [-0.05, 0) is 30.6 Å². The molecule has 2 aliphatic heterocycles. The molecule has 0 aliphatic carbocycles. The van der Waals surface area contributed by atoms with Crippen LogP contribution in [0.1, 0.15) is 13.8 Å². The number of hydrogen-bond acceptors (Lipinski definition) is 3. The van der Waals surface area contributed by atoms with Crippen LogP contribution in [0.3, 0.4) is 0 Å². The van der Waals surface area contributed by atoms with Crippen molar-refractivity contribution in [1.82, 2.24) is 10.6 Å². The van der Waals surface area contributed by atoms with Crippen molar-refractivity contribution in [2.45, 2.75) is 25.8 Å². The molecule has 0 saturated heterocycles. The normalized spacial score (nSPS) is 28.5. The predicted molar refractivity (Wildman–Crippen MR) is 57.8 cm³/mol. The van der Waals surface area contributed by atoms with Gasteiger partial charge in [0.1, 0.15) is 0 Å². The van der Waals surface area contributed by atoms with E-state index >= 15 is 0 Å². The summed E-state index contributed by atoms with van der Waals surface area (Å²) in [6, 6.07) is 0. The maximum absolute atomic E-state index is 13.2. The van der Waals surface area contributed by atoms with Gasteiger partial charge in [-0.2, -0.15) is 0 Å². The van der Waals surface area contributed by atoms with Crippen LogP contribution in [0.4, 0.5) is 8.78 Å². The minimum absolute atomic E-state index is 0.183. The Morgan fingerprint density at radius 2 is 2.06 bits per heavy atom. The monoisotopic (exact) mass is 244 g/mol. The highest BCUT2D eigenvalue weighted by atomic mass is 19.3. The van der Waals surface area contributed by atoms with Crippen LogP contribution in [0.2, 0.25) is 0 Å². The van der Waals surface area contributed by atoms with E-state index in [9.17, 15) is 13.6 Å². The molecular formula is C11H14F2N2O2. The summed E-state index contributed by atoms with van der Waals surface area (Å²) in [5.41, 5.74) is 0.0132. The number of aliphatic carboxylic acids is 1. The minimum Gasteiger partial charge on any atom is -0.479 e. The lowest BCUT2D eigenvalue weighted by atomic mass is 9.82. The van der Waals surface area contributed by atoms with Gasteiger partial charge in [-0.3, -0.25) is 0 Å². The van der Waals surface area contributed by atoms with E-state index in [4.69, 9.17) is 5.11 Å². The van der Waals surface area contributed by atoms with E-state index in [-0.39, 0.29) is 5.57 Å². The summed E-state index contributed by atoms with van der Waals surface area (Å²) in [7, 11) is 0. The van der Waals surface area contributed by atoms with Crippen molar-refractivity contribution in [1.29, 1.82) is 0 Å². The maximum Gasteiger partial charge on any atom is 0.339 e. The molecule has 0 saturated carbocycles. The number of rotatable bonds is 2. The molecule has 0 spiro atoms. The van der Waals surface area contributed by atoms with Gasteiger partial charge in [0.05, 0.1) is 0 Å². The number of dihydropyridines is 1. The molecule has 94 valence electrons. The van der Waals surface area contributed by atoms with E-state index in [1.165, 1.54) is 6.92 Å². The number of nitrogens with one attached hydrogen (secondary N) is 2. The van der Waals surface area contributed by atoms with Gasteiger partial charge in [0.2, 0.25) is 5.54 Å². The summed E-state index contributed by atoms with van der Waals surface area (Å²) in [4.78, 5) is 11.2. The Labute approximate surface area is 97.4 Å². The van der Waals surface area contributed by atoms with Crippen LogP contribution in [0.5, 0.6) is 0 Å². The van der Waals surface area contributed by atoms with Gasteiger partial charge in [0.25, 0.3) is 6.43 Å². The quantitative estimate of drug-likeness (QED) is 0.674. The van der Waals surface area contributed by atoms with E-state index < -0.39 is 17.9 Å². The lowest BCUT2D eigenvalue weighted by Crippen LogP contribution is -2.60. The predicted octanol–water partition coefficient (Wildman–Crippen LogP) is 0.872. The summed E-state index contributed by atoms with van der Waals surface area (Å²) < 4.78 is 26.4. The highest BCUT2D eigenvalue weighted by molar-refractivity contribution is 5.86. The van der Waals surface area contributed by atoms with E-state index in [0.29, 0.717) is 24.4 Å². The van der Waals surface area contributed by atoms with Crippen molar-refractivity contribution in [3.63, 3.8) is 0 Å². The van der Waals surface area contributed by atoms with Gasteiger partial charge in [-0.15, -0.1) is 0 Å². The van der Waals surface area contributed by atoms with Gasteiger partial charge in [0, 0.05) is 18.8 Å². The first kappa shape index (κ1) is 12.0. The van der Waals surface area contributed by atoms with Crippen LogP contribution in [0.25, 0.3) is 0 Å². The van der Waals surface area contributed by atoms with Crippen molar-refractivity contribution in [3.8, 4) is 0 Å². The van der Waals surface area contributed by atoms with E-state index in [1.54, 1.807) is 6.92 Å². The molecule has 0 aromatic carbocycles. The molecule has 0 fully saturated rings. The molecule has 3 N–H and O–H groups in total. The molecule has 4 nitrogen and oxygen atoms in total. The van der Waals surface area contributed by atoms with Crippen molar-refractivity contribution in [2.24, 2.45) is 0 Å². The Morgan fingerprint density at radius 1 is 1.41 bits per heavy atom. The second-order valence-electron chi connectivity index (χ2n) is 4.35. The van der Waals surface area contributed by atoms with Crippen molar-refractivity contribution in [2.75, 3.05) is 13.1 Å². The van der Waals surface area contributed by atoms with Crippen LogP contribution in [0.15, 0.2) is 22.4 Å². The Balaban J connectivity index is 2.56. The average Bonchev–Trinajstić information content (AvgIpc) is 2.70. The molecule has 0 aromatic heterocycles. The third kappa shape index (κ3) is 1.47. The Bertz CT molecular complexity index is 443. The lowest BCUT2D eigenvalue weighted by Gasteiger charge is -2.37. The van der Waals surface area contributed by atoms with Crippen molar-refractivity contribution >= 4 is 5.97 Å². The Hall–Kier alpha value is -1.43. The summed E-state index contributed by atoms with van der Waals surface area (Å²) in [5, 5.41) is 14.7. The van der Waals surface area contributed by atoms with Crippen LogP contribution in [-0.4, -0.2) is 36.1 Å². The molecule has 1 atom stereocenters. The molecule has 0 bridgehead atoms. The summed E-state index contributed by atoms with van der Waals surface area (Å²) >= 11 is 0. The first-order valence-electron chi connectivity index (χ1n) is 5.32. The molecule has 2 aliphatic rings. The van der Waals surface area contributed by atoms with Crippen LogP contribution >= 0.6 is 0 Å². The first-order valence-corrected chi connectivity index (χ1v) is 5.32. The Morgan fingerprint density at radius 3 is 2.59 bits per heavy atom. The minimum atomic E-state index is -3.00. The second-order valence-corrected chi connectivity index (χ2v) is 4.35. The zero-order valence-electron chi connectivity index (χ0n) is 9.60. The smallest absolute Gasteiger partial charge is 0.339 e. The lowest BCUT2D eigenvalue weighted by molar-refractivity contribution is -0.149. The fourth-order valence-electron chi connectivity index (χ4n) is 2.38. The summed E-state index contributed by atoms with van der Waals surface area (Å²) in [5.74, 6) is -1.54. The highest BCUT2D eigenvalue weighted by Gasteiger charge is 2.53. The van der Waals surface area contributed by atoms with E-state index in [2.05, 4.69) is 10.6 Å². The zero-order valence-corrected chi connectivity index (χ0v) is 9.60. The number of hydrogen-bond donors (Lipinski definition) is 3. The van der Waals surface area contributed by atoms with Crippen molar-refractivity contribution < 1.29 is 18.7 Å². The average molecular weight is 244 g/mol. The summed E-state index contributed by atoms with van der Waals surface area (Å²) in [6.07, 6.45) is -3.00. The number of carboxylic acids is 1. The zero-order chi connectivity index (χ0) is 12.8. The number of alkyl halides is 2. The first-order chi connectivity index (χ1) is 7.91. The van der Waals surface area contributed by atoms with Crippen molar-refractivity contribution in [3.05, 3.63) is 22.4 Å². The molecule has 17 heavy (non-hydrogen) atoms. The largest absolute Gasteiger partial charge is 0.479 e. The van der Waals surface area contributed by atoms with E-state index in [1.807, 2.05) is 0 Å². The SMILES string of the molecule is CC1=C(C)C(C(=O)O)(C(F)F)NC2=C1CNC2. The number of halogens is 2. The van der Waals surface area contributed by atoms with Gasteiger partial charge < -0.3 is 15.7 Å². The van der Waals surface area contributed by atoms with E-state index in [0.717, 1.165) is 5.57 Å². The van der Waals surface area contributed by atoms with Gasteiger partial charge in [-0.1, -0.05) is 0 Å². The second kappa shape index (κ2) is 3.80. The van der Waals surface area contributed by atoms with Gasteiger partial charge in [0.15, 0.2) is 0 Å². The Kier molecular flexibility index (Phi) is 2.69. The maximum atomic E-state index is 13.2.